The standard InChI is InChI=1S/C21H26F3N5O2S/c1-11-14(3-6-18(25)28-11)9-27-20(31)12(2)29-10-13(8-16(29)19(26)30)7-15-4-5-17(32-15)21(22,23)24/h3-6,12-13,16H,7-10H2,1-2H3,(H2,25,28)(H2,26,30)(H,27,31)/t12-,13?,16?/m0/s1. The Bertz CT molecular complexity index is 994. The van der Waals surface area contributed by atoms with Gasteiger partial charge in [0.05, 0.1) is 12.1 Å². The Hall–Kier alpha value is -2.66. The summed E-state index contributed by atoms with van der Waals surface area (Å²) in [5.74, 6) is -0.506. The fourth-order valence-corrected chi connectivity index (χ4v) is 5.00. The van der Waals surface area contributed by atoms with Crippen molar-refractivity contribution in [3.05, 3.63) is 45.3 Å². The molecule has 1 saturated heterocycles. The zero-order valence-corrected chi connectivity index (χ0v) is 18.6. The molecule has 0 bridgehead atoms. The Balaban J connectivity index is 1.63. The molecule has 0 radical (unpaired) electrons. The second-order valence-electron chi connectivity index (χ2n) is 8.06. The molecule has 0 aromatic carbocycles. The second kappa shape index (κ2) is 9.45. The van der Waals surface area contributed by atoms with Crippen molar-refractivity contribution < 1.29 is 22.8 Å². The number of primary amides is 1. The molecule has 1 aliphatic heterocycles. The van der Waals surface area contributed by atoms with E-state index in [1.54, 1.807) is 30.9 Å². The average Bonchev–Trinajstić information content (AvgIpc) is 3.34. The lowest BCUT2D eigenvalue weighted by molar-refractivity contribution is -0.134. The van der Waals surface area contributed by atoms with E-state index in [1.807, 2.05) is 0 Å². The van der Waals surface area contributed by atoms with Crippen LogP contribution >= 0.6 is 11.3 Å². The molecule has 1 aliphatic rings. The Morgan fingerprint density at radius 3 is 2.62 bits per heavy atom. The summed E-state index contributed by atoms with van der Waals surface area (Å²) in [6.45, 7) is 4.14. The number of carbonyl (C=O) groups excluding carboxylic acids is 2. The number of nitrogens with one attached hydrogen (secondary N) is 1. The van der Waals surface area contributed by atoms with E-state index in [0.717, 1.165) is 11.6 Å². The number of rotatable bonds is 7. The van der Waals surface area contributed by atoms with Crippen molar-refractivity contribution >= 4 is 29.0 Å². The van der Waals surface area contributed by atoms with Gasteiger partial charge in [-0.25, -0.2) is 4.98 Å². The summed E-state index contributed by atoms with van der Waals surface area (Å²) in [5, 5.41) is 2.84. The number of thiophene rings is 1. The van der Waals surface area contributed by atoms with Gasteiger partial charge in [0.1, 0.15) is 10.7 Å². The first-order valence-electron chi connectivity index (χ1n) is 10.2. The van der Waals surface area contributed by atoms with Crippen molar-refractivity contribution in [2.45, 2.75) is 51.5 Å². The molecule has 3 atom stereocenters. The van der Waals surface area contributed by atoms with E-state index in [2.05, 4.69) is 10.3 Å². The zero-order chi connectivity index (χ0) is 23.6. The van der Waals surface area contributed by atoms with Crippen molar-refractivity contribution in [1.29, 1.82) is 0 Å². The quantitative estimate of drug-likeness (QED) is 0.577. The highest BCUT2D eigenvalue weighted by atomic mass is 32.1. The van der Waals surface area contributed by atoms with E-state index in [-0.39, 0.29) is 18.4 Å². The molecule has 0 aliphatic carbocycles. The predicted octanol–water partition coefficient (Wildman–Crippen LogP) is 2.48. The summed E-state index contributed by atoms with van der Waals surface area (Å²) < 4.78 is 38.6. The third-order valence-corrected chi connectivity index (χ3v) is 6.88. The third kappa shape index (κ3) is 5.57. The Kier molecular flexibility index (Phi) is 7.09. The molecular weight excluding hydrogens is 443 g/mol. The molecule has 0 saturated carbocycles. The van der Waals surface area contributed by atoms with Crippen LogP contribution < -0.4 is 16.8 Å². The number of amides is 2. The molecule has 2 amide bonds. The molecular formula is C21H26F3N5O2S. The van der Waals surface area contributed by atoms with Crippen LogP contribution in [-0.4, -0.2) is 40.3 Å². The first kappa shape index (κ1) is 24.0. The van der Waals surface area contributed by atoms with E-state index >= 15 is 0 Å². The van der Waals surface area contributed by atoms with Crippen molar-refractivity contribution in [1.82, 2.24) is 15.2 Å². The van der Waals surface area contributed by atoms with Crippen LogP contribution in [0.25, 0.3) is 0 Å². The number of nitrogen functional groups attached to an aromatic ring is 1. The number of aromatic nitrogens is 1. The van der Waals surface area contributed by atoms with E-state index in [1.165, 1.54) is 6.07 Å². The third-order valence-electron chi connectivity index (χ3n) is 5.73. The van der Waals surface area contributed by atoms with Gasteiger partial charge in [-0.3, -0.25) is 14.5 Å². The molecule has 2 unspecified atom stereocenters. The molecule has 11 heteroatoms. The molecule has 5 N–H and O–H groups in total. The average molecular weight is 470 g/mol. The summed E-state index contributed by atoms with van der Waals surface area (Å²) in [4.78, 5) is 30.6. The fourth-order valence-electron chi connectivity index (χ4n) is 4.01. The number of carbonyl (C=O) groups is 2. The lowest BCUT2D eigenvalue weighted by atomic mass is 10.0. The molecule has 2 aromatic heterocycles. The van der Waals surface area contributed by atoms with Gasteiger partial charge >= 0.3 is 6.18 Å². The Morgan fingerprint density at radius 1 is 1.31 bits per heavy atom. The van der Waals surface area contributed by atoms with Gasteiger partial charge in [0, 0.05) is 23.7 Å². The summed E-state index contributed by atoms with van der Waals surface area (Å²) in [6, 6.07) is 4.70. The van der Waals surface area contributed by atoms with Gasteiger partial charge in [-0.15, -0.1) is 11.3 Å². The highest BCUT2D eigenvalue weighted by molar-refractivity contribution is 7.12. The first-order valence-corrected chi connectivity index (χ1v) is 11.0. The van der Waals surface area contributed by atoms with Crippen molar-refractivity contribution in [2.75, 3.05) is 12.3 Å². The highest BCUT2D eigenvalue weighted by Gasteiger charge is 2.40. The largest absolute Gasteiger partial charge is 0.425 e. The summed E-state index contributed by atoms with van der Waals surface area (Å²) in [7, 11) is 0. The molecule has 1 fully saturated rings. The maximum absolute atomic E-state index is 12.9. The lowest BCUT2D eigenvalue weighted by Gasteiger charge is -2.28. The van der Waals surface area contributed by atoms with Crippen molar-refractivity contribution in [3.63, 3.8) is 0 Å². The first-order chi connectivity index (χ1) is 15.0. The van der Waals surface area contributed by atoms with Crippen molar-refractivity contribution in [3.8, 4) is 0 Å². The van der Waals surface area contributed by atoms with Crippen LogP contribution in [0.5, 0.6) is 0 Å². The molecule has 32 heavy (non-hydrogen) atoms. The smallest absolute Gasteiger partial charge is 0.384 e. The minimum atomic E-state index is -4.37. The molecule has 7 nitrogen and oxygen atoms in total. The molecule has 2 aromatic rings. The van der Waals surface area contributed by atoms with Gasteiger partial charge in [-0.1, -0.05) is 6.07 Å². The van der Waals surface area contributed by atoms with Gasteiger partial charge in [0.25, 0.3) is 0 Å². The number of hydrogen-bond acceptors (Lipinski definition) is 6. The van der Waals surface area contributed by atoms with Crippen LogP contribution in [0, 0.1) is 12.8 Å². The van der Waals surface area contributed by atoms with E-state index in [9.17, 15) is 22.8 Å². The minimum Gasteiger partial charge on any atom is -0.384 e. The number of nitrogens with two attached hydrogens (primary N) is 2. The van der Waals surface area contributed by atoms with Gasteiger partial charge in [0.15, 0.2) is 0 Å². The van der Waals surface area contributed by atoms with Crippen LogP contribution in [0.4, 0.5) is 19.0 Å². The zero-order valence-electron chi connectivity index (χ0n) is 17.8. The van der Waals surface area contributed by atoms with Crippen LogP contribution in [-0.2, 0) is 28.7 Å². The molecule has 3 rings (SSSR count). The van der Waals surface area contributed by atoms with Gasteiger partial charge < -0.3 is 16.8 Å². The van der Waals surface area contributed by atoms with Crippen LogP contribution in [0.1, 0.15) is 34.4 Å². The maximum atomic E-state index is 12.9. The number of pyridine rings is 1. The summed E-state index contributed by atoms with van der Waals surface area (Å²) in [5.41, 5.74) is 12.7. The molecule has 3 heterocycles. The normalized spacial score (nSPS) is 20.3. The number of likely N-dealkylation sites (tertiary alicyclic amines) is 1. The SMILES string of the molecule is Cc1nc(N)ccc1CNC(=O)[C@H](C)N1CC(Cc2ccc(C(F)(F)F)s2)CC1C(N)=O. The Morgan fingerprint density at radius 2 is 2.03 bits per heavy atom. The van der Waals surface area contributed by atoms with Crippen LogP contribution in [0.15, 0.2) is 24.3 Å². The lowest BCUT2D eigenvalue weighted by Crippen LogP contribution is -2.51. The van der Waals surface area contributed by atoms with Crippen LogP contribution in [0.2, 0.25) is 0 Å². The fraction of sp³-hybridized carbons (Fsp3) is 0.476. The topological polar surface area (TPSA) is 114 Å². The number of nitrogens with zero attached hydrogens (tertiary/aromatic N) is 2. The minimum absolute atomic E-state index is 0.0778. The number of anilines is 1. The molecule has 174 valence electrons. The molecule has 0 spiro atoms. The second-order valence-corrected chi connectivity index (χ2v) is 9.23. The van der Waals surface area contributed by atoms with Gasteiger partial charge in [-0.2, -0.15) is 13.2 Å². The summed E-state index contributed by atoms with van der Waals surface area (Å²) in [6.07, 6.45) is -3.58. The number of hydrogen-bond donors (Lipinski definition) is 3. The van der Waals surface area contributed by atoms with E-state index in [4.69, 9.17) is 11.5 Å². The maximum Gasteiger partial charge on any atom is 0.425 e. The number of alkyl halides is 3. The monoisotopic (exact) mass is 469 g/mol. The van der Waals surface area contributed by atoms with E-state index < -0.39 is 29.0 Å². The number of halogens is 3. The van der Waals surface area contributed by atoms with Crippen molar-refractivity contribution in [2.24, 2.45) is 11.7 Å². The summed E-state index contributed by atoms with van der Waals surface area (Å²) >= 11 is 0.706. The van der Waals surface area contributed by atoms with Gasteiger partial charge in [-0.05, 0) is 56.4 Å². The van der Waals surface area contributed by atoms with Gasteiger partial charge in [0.2, 0.25) is 11.8 Å². The highest BCUT2D eigenvalue weighted by Crippen LogP contribution is 2.37. The van der Waals surface area contributed by atoms with E-state index in [0.29, 0.717) is 47.1 Å². The number of aryl methyl sites for hydroxylation is 1. The van der Waals surface area contributed by atoms with Crippen LogP contribution in [0.3, 0.4) is 0 Å². The Labute approximate surface area is 188 Å². The predicted molar refractivity (Wildman–Crippen MR) is 116 cm³/mol.